The number of rotatable bonds is 3. The van der Waals surface area contributed by atoms with Crippen molar-refractivity contribution in [2.24, 2.45) is 0 Å². The fraction of sp³-hybridized carbons (Fsp3) is 0.357. The Kier molecular flexibility index (Phi) is 3.84. The average molecular weight is 202 g/mol. The molecule has 80 valence electrons. The molecule has 0 unspecified atom stereocenters. The lowest BCUT2D eigenvalue weighted by Gasteiger charge is -2.07. The number of ketones is 1. The van der Waals surface area contributed by atoms with Crippen LogP contribution in [0.5, 0.6) is 0 Å². The number of hydrogen-bond acceptors (Lipinski definition) is 1. The van der Waals surface area contributed by atoms with E-state index in [1.165, 1.54) is 16.7 Å². The average Bonchev–Trinajstić information content (AvgIpc) is 2.10. The first-order valence-corrected chi connectivity index (χ1v) is 5.23. The van der Waals surface area contributed by atoms with Crippen LogP contribution in [0, 0.1) is 13.8 Å². The summed E-state index contributed by atoms with van der Waals surface area (Å²) in [7, 11) is 0. The van der Waals surface area contributed by atoms with Crippen molar-refractivity contribution in [1.82, 2.24) is 0 Å². The quantitative estimate of drug-likeness (QED) is 0.687. The van der Waals surface area contributed by atoms with E-state index in [0.29, 0.717) is 6.42 Å². The molecule has 0 saturated carbocycles. The molecule has 0 atom stereocenters. The monoisotopic (exact) mass is 202 g/mol. The molecule has 0 aromatic heterocycles. The molecule has 1 nitrogen and oxygen atoms in total. The Morgan fingerprint density at radius 3 is 2.20 bits per heavy atom. The van der Waals surface area contributed by atoms with E-state index < -0.39 is 0 Å². The molecule has 0 amide bonds. The maximum Gasteiger partial charge on any atom is 0.160 e. The molecule has 1 aromatic rings. The zero-order chi connectivity index (χ0) is 11.4. The molecule has 1 heteroatoms. The smallest absolute Gasteiger partial charge is 0.160 e. The first-order chi connectivity index (χ1) is 7.00. The summed E-state index contributed by atoms with van der Waals surface area (Å²) in [5.41, 5.74) is 4.63. The molecule has 0 aliphatic heterocycles. The van der Waals surface area contributed by atoms with Gasteiger partial charge in [0, 0.05) is 6.42 Å². The van der Waals surface area contributed by atoms with E-state index >= 15 is 0 Å². The van der Waals surface area contributed by atoms with Gasteiger partial charge in [-0.1, -0.05) is 23.8 Å². The van der Waals surface area contributed by atoms with Gasteiger partial charge in [0.1, 0.15) is 0 Å². The van der Waals surface area contributed by atoms with Crippen molar-refractivity contribution in [2.45, 2.75) is 34.1 Å². The summed E-state index contributed by atoms with van der Waals surface area (Å²) in [6.07, 6.45) is 2.23. The molecule has 0 aliphatic carbocycles. The third-order valence-electron chi connectivity index (χ3n) is 2.45. The SMILES string of the molecule is CC(C)=CC(=O)Cc1c(C)cccc1C. The molecular weight excluding hydrogens is 184 g/mol. The van der Waals surface area contributed by atoms with Crippen molar-refractivity contribution in [2.75, 3.05) is 0 Å². The Balaban J connectivity index is 2.90. The van der Waals surface area contributed by atoms with Crippen molar-refractivity contribution >= 4 is 5.78 Å². The highest BCUT2D eigenvalue weighted by Gasteiger charge is 2.06. The van der Waals surface area contributed by atoms with Crippen LogP contribution in [0.25, 0.3) is 0 Å². The fourth-order valence-corrected chi connectivity index (χ4v) is 1.68. The number of hydrogen-bond donors (Lipinski definition) is 0. The van der Waals surface area contributed by atoms with Gasteiger partial charge in [0.15, 0.2) is 5.78 Å². The summed E-state index contributed by atoms with van der Waals surface area (Å²) in [5, 5.41) is 0. The summed E-state index contributed by atoms with van der Waals surface area (Å²) in [5.74, 6) is 0.187. The molecule has 0 radical (unpaired) electrons. The molecule has 0 spiro atoms. The summed E-state index contributed by atoms with van der Waals surface area (Å²) in [6, 6.07) is 6.13. The van der Waals surface area contributed by atoms with E-state index in [1.807, 2.05) is 19.9 Å². The fourth-order valence-electron chi connectivity index (χ4n) is 1.68. The lowest BCUT2D eigenvalue weighted by Crippen LogP contribution is -2.03. The lowest BCUT2D eigenvalue weighted by atomic mass is 9.98. The topological polar surface area (TPSA) is 17.1 Å². The lowest BCUT2D eigenvalue weighted by molar-refractivity contribution is -0.114. The van der Waals surface area contributed by atoms with Gasteiger partial charge in [-0.25, -0.2) is 0 Å². The third kappa shape index (κ3) is 3.35. The van der Waals surface area contributed by atoms with Gasteiger partial charge in [-0.3, -0.25) is 4.79 Å². The van der Waals surface area contributed by atoms with Crippen molar-refractivity contribution in [3.8, 4) is 0 Å². The first kappa shape index (κ1) is 11.7. The minimum atomic E-state index is 0.187. The van der Waals surface area contributed by atoms with Crippen molar-refractivity contribution in [3.05, 3.63) is 46.5 Å². The van der Waals surface area contributed by atoms with E-state index in [1.54, 1.807) is 6.08 Å². The molecule has 0 bridgehead atoms. The van der Waals surface area contributed by atoms with Gasteiger partial charge < -0.3 is 0 Å². The van der Waals surface area contributed by atoms with E-state index in [0.717, 1.165) is 5.57 Å². The maximum atomic E-state index is 11.7. The number of carbonyl (C=O) groups excluding carboxylic acids is 1. The highest BCUT2D eigenvalue weighted by Crippen LogP contribution is 2.14. The van der Waals surface area contributed by atoms with Gasteiger partial charge in [0.05, 0.1) is 0 Å². The second-order valence-electron chi connectivity index (χ2n) is 4.24. The minimum Gasteiger partial charge on any atom is -0.294 e. The normalized spacial score (nSPS) is 9.87. The highest BCUT2D eigenvalue weighted by molar-refractivity contribution is 5.92. The molecule has 15 heavy (non-hydrogen) atoms. The minimum absolute atomic E-state index is 0.187. The van der Waals surface area contributed by atoms with Gasteiger partial charge in [-0.15, -0.1) is 0 Å². The molecule has 0 fully saturated rings. The predicted octanol–water partition coefficient (Wildman–Crippen LogP) is 3.38. The Bertz CT molecular complexity index is 376. The number of carbonyl (C=O) groups is 1. The standard InChI is InChI=1S/C14H18O/c1-10(2)8-13(15)9-14-11(3)6-5-7-12(14)4/h5-8H,9H2,1-4H3. The summed E-state index contributed by atoms with van der Waals surface area (Å²) < 4.78 is 0. The molecule has 0 saturated heterocycles. The van der Waals surface area contributed by atoms with Crippen molar-refractivity contribution in [3.63, 3.8) is 0 Å². The number of allylic oxidation sites excluding steroid dienone is 2. The van der Waals surface area contributed by atoms with E-state index in [9.17, 15) is 4.79 Å². The number of benzene rings is 1. The Morgan fingerprint density at radius 2 is 1.73 bits per heavy atom. The number of aryl methyl sites for hydroxylation is 2. The second-order valence-corrected chi connectivity index (χ2v) is 4.24. The van der Waals surface area contributed by atoms with Crippen molar-refractivity contribution < 1.29 is 4.79 Å². The zero-order valence-corrected chi connectivity index (χ0v) is 9.92. The van der Waals surface area contributed by atoms with Crippen LogP contribution in [0.15, 0.2) is 29.8 Å². The Morgan fingerprint density at radius 1 is 1.20 bits per heavy atom. The predicted molar refractivity (Wildman–Crippen MR) is 64.1 cm³/mol. The van der Waals surface area contributed by atoms with E-state index in [2.05, 4.69) is 26.0 Å². The zero-order valence-electron chi connectivity index (χ0n) is 9.92. The summed E-state index contributed by atoms with van der Waals surface area (Å²) in [6.45, 7) is 8.00. The molecule has 1 rings (SSSR count). The van der Waals surface area contributed by atoms with Crippen LogP contribution in [-0.4, -0.2) is 5.78 Å². The van der Waals surface area contributed by atoms with E-state index in [-0.39, 0.29) is 5.78 Å². The molecule has 0 heterocycles. The van der Waals surface area contributed by atoms with Crippen LogP contribution in [0.4, 0.5) is 0 Å². The van der Waals surface area contributed by atoms with Gasteiger partial charge in [0.25, 0.3) is 0 Å². The Labute approximate surface area is 91.8 Å². The highest BCUT2D eigenvalue weighted by atomic mass is 16.1. The van der Waals surface area contributed by atoms with Crippen LogP contribution >= 0.6 is 0 Å². The van der Waals surface area contributed by atoms with Crippen LogP contribution in [0.3, 0.4) is 0 Å². The van der Waals surface area contributed by atoms with E-state index in [4.69, 9.17) is 0 Å². The summed E-state index contributed by atoms with van der Waals surface area (Å²) >= 11 is 0. The largest absolute Gasteiger partial charge is 0.294 e. The second kappa shape index (κ2) is 4.92. The summed E-state index contributed by atoms with van der Waals surface area (Å²) in [4.78, 5) is 11.7. The van der Waals surface area contributed by atoms with Gasteiger partial charge >= 0.3 is 0 Å². The molecule has 0 aliphatic rings. The third-order valence-corrected chi connectivity index (χ3v) is 2.45. The first-order valence-electron chi connectivity index (χ1n) is 5.23. The van der Waals surface area contributed by atoms with Gasteiger partial charge in [0.2, 0.25) is 0 Å². The van der Waals surface area contributed by atoms with Crippen LogP contribution in [0.1, 0.15) is 30.5 Å². The molecular formula is C14H18O. The molecule has 1 aromatic carbocycles. The maximum absolute atomic E-state index is 11.7. The van der Waals surface area contributed by atoms with Gasteiger partial charge in [-0.05, 0) is 50.5 Å². The van der Waals surface area contributed by atoms with Crippen LogP contribution in [0.2, 0.25) is 0 Å². The van der Waals surface area contributed by atoms with Crippen LogP contribution < -0.4 is 0 Å². The molecule has 0 N–H and O–H groups in total. The van der Waals surface area contributed by atoms with Crippen molar-refractivity contribution in [1.29, 1.82) is 0 Å². The van der Waals surface area contributed by atoms with Gasteiger partial charge in [-0.2, -0.15) is 0 Å². The van der Waals surface area contributed by atoms with Crippen LogP contribution in [-0.2, 0) is 11.2 Å². The Hall–Kier alpha value is -1.37.